The van der Waals surface area contributed by atoms with Crippen molar-refractivity contribution in [1.29, 1.82) is 0 Å². The van der Waals surface area contributed by atoms with Crippen molar-refractivity contribution < 1.29 is 31.4 Å². The van der Waals surface area contributed by atoms with Crippen molar-refractivity contribution in [2.24, 2.45) is 0 Å². The van der Waals surface area contributed by atoms with E-state index in [2.05, 4.69) is 36.5 Å². The summed E-state index contributed by atoms with van der Waals surface area (Å²) in [5.74, 6) is -0.798. The molecule has 2 aromatic rings. The van der Waals surface area contributed by atoms with Gasteiger partial charge in [-0.2, -0.15) is 0 Å². The van der Waals surface area contributed by atoms with Crippen LogP contribution in [0.3, 0.4) is 0 Å². The molecule has 1 aromatic heterocycles. The number of carbonyl (C=O) groups is 2. The van der Waals surface area contributed by atoms with E-state index in [1.807, 2.05) is 30.3 Å². The molecule has 1 aliphatic rings. The number of rotatable bonds is 8. The normalized spacial score (nSPS) is 17.1. The molecule has 0 unspecified atom stereocenters. The van der Waals surface area contributed by atoms with Gasteiger partial charge in [0, 0.05) is 56.2 Å². The maximum Gasteiger partial charge on any atom is 0.328 e. The molecule has 0 bridgehead atoms. The molecule has 1 aromatic carbocycles. The molecule has 0 spiro atoms. The van der Waals surface area contributed by atoms with Gasteiger partial charge in [0.15, 0.2) is 0 Å². The Labute approximate surface area is 229 Å². The first-order valence-corrected chi connectivity index (χ1v) is 12.8. The molecule has 209 valence electrons. The van der Waals surface area contributed by atoms with Crippen LogP contribution in [0.15, 0.2) is 36.5 Å². The van der Waals surface area contributed by atoms with E-state index in [9.17, 15) is 9.59 Å². The number of amides is 1. The van der Waals surface area contributed by atoms with E-state index in [4.69, 9.17) is 4.74 Å². The number of benzene rings is 1. The van der Waals surface area contributed by atoms with Gasteiger partial charge in [0.25, 0.3) is 0 Å². The smallest absolute Gasteiger partial charge is 0.328 e. The summed E-state index contributed by atoms with van der Waals surface area (Å²) in [6.45, 7) is 8.41. The van der Waals surface area contributed by atoms with Crippen molar-refractivity contribution in [1.82, 2.24) is 41.2 Å². The molecule has 0 aliphatic carbocycles. The third-order valence-corrected chi connectivity index (χ3v) is 6.00. The van der Waals surface area contributed by atoms with E-state index in [1.165, 1.54) is 11.8 Å². The number of aromatic nitrogens is 3. The van der Waals surface area contributed by atoms with Crippen molar-refractivity contribution in [3.05, 3.63) is 47.8 Å². The van der Waals surface area contributed by atoms with Crippen LogP contribution >= 0.6 is 0 Å². The van der Waals surface area contributed by atoms with Gasteiger partial charge in [0.1, 0.15) is 12.6 Å². The topological polar surface area (TPSA) is 125 Å². The number of nitrogens with zero attached hydrogens (tertiary/aromatic N) is 4. The summed E-state index contributed by atoms with van der Waals surface area (Å²) in [6, 6.07) is 8.76. The van der Waals surface area contributed by atoms with Gasteiger partial charge < -0.3 is 26.0 Å². The van der Waals surface area contributed by atoms with Gasteiger partial charge in [-0.05, 0) is 44.6 Å². The molecule has 12 heteroatoms. The molecule has 1 saturated heterocycles. The van der Waals surface area contributed by atoms with Crippen molar-refractivity contribution in [2.45, 2.75) is 38.4 Å². The van der Waals surface area contributed by atoms with E-state index >= 15 is 0 Å². The molecule has 2 heterocycles. The van der Waals surface area contributed by atoms with Crippen LogP contribution in [0.5, 0.6) is 0 Å². The largest absolute Gasteiger partial charge is 0.467 e. The van der Waals surface area contributed by atoms with Crippen LogP contribution in [-0.4, -0.2) is 97.3 Å². The van der Waals surface area contributed by atoms with E-state index < -0.39 is 12.0 Å². The summed E-state index contributed by atoms with van der Waals surface area (Å²) in [4.78, 5) is 27.2. The minimum absolute atomic E-state index is 0. The first kappa shape index (κ1) is 30.9. The molecule has 1 amide bonds. The molecule has 37 heavy (non-hydrogen) atoms. The second-order valence-electron chi connectivity index (χ2n) is 8.97. The van der Waals surface area contributed by atoms with Gasteiger partial charge in [-0.25, -0.2) is 9.48 Å². The van der Waals surface area contributed by atoms with Crippen LogP contribution in [0.25, 0.3) is 0 Å². The molecule has 1 atom stereocenters. The van der Waals surface area contributed by atoms with Crippen LogP contribution < -0.4 is 21.3 Å². The van der Waals surface area contributed by atoms with Gasteiger partial charge in [-0.15, -0.1) is 5.10 Å². The fourth-order valence-corrected chi connectivity index (χ4v) is 4.11. The Morgan fingerprint density at radius 2 is 1.70 bits per heavy atom. The van der Waals surface area contributed by atoms with Crippen LogP contribution in [-0.2, 0) is 50.9 Å². The average Bonchev–Trinajstić information content (AvgIpc) is 3.32. The standard InChI is InChI=1S/C25H40N8O3.Cu/c1-36-25(35)23(17-21-7-3-2-4-8-21)29-24(34)20-33-19-22(30-31-33)18-32-15-6-11-27-13-12-26-9-5-10-28-14-16-32;/h2-4,7-8,19,23,26-28H,5-6,9-18,20H2,1H3,(H,29,34);/t23-;/m0./s1. The zero-order chi connectivity index (χ0) is 25.4. The van der Waals surface area contributed by atoms with Crippen LogP contribution in [0.4, 0.5) is 0 Å². The number of carbonyl (C=O) groups excluding carboxylic acids is 2. The van der Waals surface area contributed by atoms with Crippen molar-refractivity contribution in [3.8, 4) is 0 Å². The minimum atomic E-state index is -0.763. The molecular formula is C25H40CuN8O3. The summed E-state index contributed by atoms with van der Waals surface area (Å²) < 4.78 is 6.39. The van der Waals surface area contributed by atoms with E-state index in [0.717, 1.165) is 76.5 Å². The molecule has 1 aliphatic heterocycles. The van der Waals surface area contributed by atoms with Crippen molar-refractivity contribution >= 4 is 11.9 Å². The average molecular weight is 564 g/mol. The molecular weight excluding hydrogens is 524 g/mol. The molecule has 11 nitrogen and oxygen atoms in total. The summed E-state index contributed by atoms with van der Waals surface area (Å²) in [6.07, 6.45) is 4.31. The van der Waals surface area contributed by atoms with Gasteiger partial charge >= 0.3 is 5.97 Å². The van der Waals surface area contributed by atoms with Gasteiger partial charge in [-0.1, -0.05) is 35.5 Å². The Morgan fingerprint density at radius 3 is 2.43 bits per heavy atom. The van der Waals surface area contributed by atoms with Crippen molar-refractivity contribution in [2.75, 3.05) is 59.5 Å². The second-order valence-corrected chi connectivity index (χ2v) is 8.97. The number of ether oxygens (including phenoxy) is 1. The summed E-state index contributed by atoms with van der Waals surface area (Å²) in [7, 11) is 1.32. The fourth-order valence-electron chi connectivity index (χ4n) is 4.11. The first-order chi connectivity index (χ1) is 17.6. The predicted octanol–water partition coefficient (Wildman–Crippen LogP) is -0.459. The zero-order valence-corrected chi connectivity index (χ0v) is 22.5. The SMILES string of the molecule is COC(=O)[C@H](Cc1ccccc1)NC(=O)Cn1cc(CN2CCCNCCNCCCNCC2)nn1.[Cu]. The minimum Gasteiger partial charge on any atom is -0.467 e. The van der Waals surface area contributed by atoms with Crippen LogP contribution in [0.1, 0.15) is 24.1 Å². The molecule has 1 radical (unpaired) electrons. The van der Waals surface area contributed by atoms with Crippen LogP contribution in [0.2, 0.25) is 0 Å². The second kappa shape index (κ2) is 18.0. The Hall–Kier alpha value is -2.34. The number of hydrogen-bond donors (Lipinski definition) is 4. The monoisotopic (exact) mass is 563 g/mol. The maximum absolute atomic E-state index is 12.7. The first-order valence-electron chi connectivity index (χ1n) is 12.8. The molecule has 3 rings (SSSR count). The molecule has 0 saturated carbocycles. The fraction of sp³-hybridized carbons (Fsp3) is 0.600. The summed E-state index contributed by atoms with van der Waals surface area (Å²) in [5.41, 5.74) is 1.75. The van der Waals surface area contributed by atoms with E-state index in [1.54, 1.807) is 6.20 Å². The Kier molecular flexibility index (Phi) is 15.0. The van der Waals surface area contributed by atoms with E-state index in [-0.39, 0.29) is 29.5 Å². The van der Waals surface area contributed by atoms with Crippen LogP contribution in [0, 0.1) is 0 Å². The zero-order valence-electron chi connectivity index (χ0n) is 21.5. The quantitative estimate of drug-likeness (QED) is 0.249. The van der Waals surface area contributed by atoms with E-state index in [0.29, 0.717) is 13.0 Å². The number of hydrogen-bond acceptors (Lipinski definition) is 9. The van der Waals surface area contributed by atoms with Gasteiger partial charge in [-0.3, -0.25) is 9.69 Å². The number of esters is 1. The van der Waals surface area contributed by atoms with Crippen molar-refractivity contribution in [3.63, 3.8) is 0 Å². The summed E-state index contributed by atoms with van der Waals surface area (Å²) >= 11 is 0. The number of methoxy groups -OCH3 is 1. The third kappa shape index (κ3) is 12.2. The third-order valence-electron chi connectivity index (χ3n) is 6.00. The molecule has 1 fully saturated rings. The Morgan fingerprint density at radius 1 is 1.00 bits per heavy atom. The Balaban J connectivity index is 0.00000481. The predicted molar refractivity (Wildman–Crippen MR) is 137 cm³/mol. The maximum atomic E-state index is 12.7. The van der Waals surface area contributed by atoms with Gasteiger partial charge in [0.05, 0.1) is 19.0 Å². The molecule has 4 N–H and O–H groups in total. The summed E-state index contributed by atoms with van der Waals surface area (Å²) in [5, 5.41) is 21.6. The van der Waals surface area contributed by atoms with Gasteiger partial charge in [0.2, 0.25) is 5.91 Å². The number of nitrogens with one attached hydrogen (secondary N) is 4. The Bertz CT molecular complexity index is 900.